The van der Waals surface area contributed by atoms with Gasteiger partial charge in [-0.1, -0.05) is 0 Å². The van der Waals surface area contributed by atoms with Gasteiger partial charge in [-0.25, -0.2) is 22.5 Å². The lowest BCUT2D eigenvalue weighted by molar-refractivity contribution is 0.437. The van der Waals surface area contributed by atoms with Gasteiger partial charge < -0.3 is 4.42 Å². The van der Waals surface area contributed by atoms with Crippen molar-refractivity contribution in [3.8, 4) is 0 Å². The van der Waals surface area contributed by atoms with E-state index < -0.39 is 26.9 Å². The summed E-state index contributed by atoms with van der Waals surface area (Å²) < 4.78 is 45.8. The summed E-state index contributed by atoms with van der Waals surface area (Å²) in [5.74, 6) is -0.0753. The third-order valence-electron chi connectivity index (χ3n) is 3.33. The number of nitrogens with one attached hydrogen (secondary N) is 1. The Bertz CT molecular complexity index is 727. The molecule has 0 saturated heterocycles. The smallest absolute Gasteiger partial charge is 0.261 e. The number of fused-ring (bicyclic) bond motifs is 1. The quantitative estimate of drug-likeness (QED) is 0.942. The van der Waals surface area contributed by atoms with E-state index in [1.807, 2.05) is 0 Å². The first kappa shape index (κ1) is 13.3. The number of aryl methyl sites for hydroxylation is 1. The second-order valence-corrected chi connectivity index (χ2v) is 6.28. The van der Waals surface area contributed by atoms with Gasteiger partial charge in [0.05, 0.1) is 12.3 Å². The van der Waals surface area contributed by atoms with Gasteiger partial charge in [-0.15, -0.1) is 0 Å². The Hall–Kier alpha value is -1.73. The minimum atomic E-state index is -3.99. The van der Waals surface area contributed by atoms with Gasteiger partial charge in [-0.2, -0.15) is 0 Å². The van der Waals surface area contributed by atoms with Crippen molar-refractivity contribution < 1.29 is 17.2 Å². The van der Waals surface area contributed by atoms with E-state index in [2.05, 4.69) is 9.71 Å². The topological polar surface area (TPSA) is 72.2 Å². The van der Waals surface area contributed by atoms with Crippen molar-refractivity contribution in [3.05, 3.63) is 47.8 Å². The maximum atomic E-state index is 13.6. The minimum absolute atomic E-state index is 0.399. The number of aromatic nitrogens is 1. The van der Waals surface area contributed by atoms with Crippen LogP contribution in [0.3, 0.4) is 0 Å². The van der Waals surface area contributed by atoms with Crippen LogP contribution in [0.15, 0.2) is 40.1 Å². The van der Waals surface area contributed by atoms with Crippen LogP contribution in [0.1, 0.15) is 30.2 Å². The molecule has 0 aromatic carbocycles. The molecule has 5 nitrogen and oxygen atoms in total. The molecule has 1 aliphatic carbocycles. The first-order valence-electron chi connectivity index (χ1n) is 6.27. The highest BCUT2D eigenvalue weighted by Crippen LogP contribution is 2.31. The normalized spacial score (nSPS) is 18.8. The molecule has 2 heterocycles. The molecular weight excluding hydrogens is 283 g/mol. The van der Waals surface area contributed by atoms with Crippen molar-refractivity contribution in [1.29, 1.82) is 0 Å². The molecular formula is C13H13FN2O3S. The Morgan fingerprint density at radius 1 is 1.40 bits per heavy atom. The van der Waals surface area contributed by atoms with Crippen LogP contribution >= 0.6 is 0 Å². The summed E-state index contributed by atoms with van der Waals surface area (Å²) in [6, 6.07) is 3.77. The van der Waals surface area contributed by atoms with E-state index in [4.69, 9.17) is 4.42 Å². The van der Waals surface area contributed by atoms with Gasteiger partial charge in [0.2, 0.25) is 5.03 Å². The Kier molecular flexibility index (Phi) is 3.31. The molecule has 0 amide bonds. The number of sulfonamides is 1. The molecule has 2 aromatic rings. The van der Waals surface area contributed by atoms with Crippen molar-refractivity contribution in [2.24, 2.45) is 0 Å². The SMILES string of the molecule is O=S(=O)(NC1CCCc2occc21)c1ncccc1F. The maximum Gasteiger partial charge on any atom is 0.261 e. The fraction of sp³-hybridized carbons (Fsp3) is 0.308. The molecule has 1 N–H and O–H groups in total. The lowest BCUT2D eigenvalue weighted by Crippen LogP contribution is -2.31. The van der Waals surface area contributed by atoms with E-state index in [0.717, 1.165) is 30.2 Å². The van der Waals surface area contributed by atoms with Gasteiger partial charge >= 0.3 is 0 Å². The van der Waals surface area contributed by atoms with Crippen LogP contribution in [-0.4, -0.2) is 13.4 Å². The molecule has 0 aliphatic heterocycles. The molecule has 1 atom stereocenters. The highest BCUT2D eigenvalue weighted by molar-refractivity contribution is 7.89. The number of pyridine rings is 1. The minimum Gasteiger partial charge on any atom is -0.469 e. The average Bonchev–Trinajstić information content (AvgIpc) is 2.88. The molecule has 2 aromatic heterocycles. The Morgan fingerprint density at radius 3 is 3.05 bits per heavy atom. The van der Waals surface area contributed by atoms with E-state index in [1.54, 1.807) is 12.3 Å². The zero-order valence-corrected chi connectivity index (χ0v) is 11.4. The van der Waals surface area contributed by atoms with Crippen molar-refractivity contribution in [2.75, 3.05) is 0 Å². The summed E-state index contributed by atoms with van der Waals surface area (Å²) in [5, 5.41) is -0.574. The van der Waals surface area contributed by atoms with E-state index in [9.17, 15) is 12.8 Å². The second kappa shape index (κ2) is 4.99. The van der Waals surface area contributed by atoms with Crippen LogP contribution in [0.2, 0.25) is 0 Å². The molecule has 20 heavy (non-hydrogen) atoms. The summed E-state index contributed by atoms with van der Waals surface area (Å²) in [4.78, 5) is 3.61. The molecule has 0 fully saturated rings. The van der Waals surface area contributed by atoms with Gasteiger partial charge in [0.25, 0.3) is 10.0 Å². The highest BCUT2D eigenvalue weighted by Gasteiger charge is 2.29. The first-order chi connectivity index (χ1) is 9.58. The largest absolute Gasteiger partial charge is 0.469 e. The summed E-state index contributed by atoms with van der Waals surface area (Å²) in [5.41, 5.74) is 0.816. The van der Waals surface area contributed by atoms with Crippen LogP contribution < -0.4 is 4.72 Å². The maximum absolute atomic E-state index is 13.6. The Labute approximate surface area is 115 Å². The first-order valence-corrected chi connectivity index (χ1v) is 7.75. The molecule has 1 unspecified atom stereocenters. The fourth-order valence-corrected chi connectivity index (χ4v) is 3.68. The van der Waals surface area contributed by atoms with Crippen molar-refractivity contribution in [3.63, 3.8) is 0 Å². The number of hydrogen-bond donors (Lipinski definition) is 1. The van der Waals surface area contributed by atoms with E-state index in [1.165, 1.54) is 12.3 Å². The van der Waals surface area contributed by atoms with E-state index in [-0.39, 0.29) is 0 Å². The summed E-state index contributed by atoms with van der Waals surface area (Å²) >= 11 is 0. The number of rotatable bonds is 3. The average molecular weight is 296 g/mol. The standard InChI is InChI=1S/C13H13FN2O3S/c14-10-3-2-7-15-13(10)20(17,18)16-11-4-1-5-12-9(11)6-8-19-12/h2-3,6-8,11,16H,1,4-5H2. The van der Waals surface area contributed by atoms with Crippen molar-refractivity contribution in [1.82, 2.24) is 9.71 Å². The summed E-state index contributed by atoms with van der Waals surface area (Å²) in [6.07, 6.45) is 5.05. The molecule has 106 valence electrons. The Morgan fingerprint density at radius 2 is 2.25 bits per heavy atom. The predicted octanol–water partition coefficient (Wildman–Crippen LogP) is 2.17. The number of nitrogens with zero attached hydrogens (tertiary/aromatic N) is 1. The molecule has 3 rings (SSSR count). The molecule has 7 heteroatoms. The third-order valence-corrected chi connectivity index (χ3v) is 4.73. The van der Waals surface area contributed by atoms with Crippen LogP contribution in [0.4, 0.5) is 4.39 Å². The zero-order chi connectivity index (χ0) is 14.2. The molecule has 0 spiro atoms. The summed E-state index contributed by atoms with van der Waals surface area (Å²) in [6.45, 7) is 0. The van der Waals surface area contributed by atoms with Crippen molar-refractivity contribution in [2.45, 2.75) is 30.3 Å². The summed E-state index contributed by atoms with van der Waals surface area (Å²) in [7, 11) is -3.99. The van der Waals surface area contributed by atoms with Crippen LogP contribution in [0, 0.1) is 5.82 Å². The van der Waals surface area contributed by atoms with Crippen molar-refractivity contribution >= 4 is 10.0 Å². The van der Waals surface area contributed by atoms with E-state index in [0.29, 0.717) is 6.42 Å². The number of hydrogen-bond acceptors (Lipinski definition) is 4. The highest BCUT2D eigenvalue weighted by atomic mass is 32.2. The molecule has 0 bridgehead atoms. The van der Waals surface area contributed by atoms with Gasteiger partial charge in [0.1, 0.15) is 5.76 Å². The van der Waals surface area contributed by atoms with E-state index >= 15 is 0 Å². The molecule has 1 aliphatic rings. The van der Waals surface area contributed by atoms with Gasteiger partial charge in [0, 0.05) is 18.2 Å². The monoisotopic (exact) mass is 296 g/mol. The Balaban J connectivity index is 1.91. The second-order valence-electron chi connectivity index (χ2n) is 4.66. The van der Waals surface area contributed by atoms with Gasteiger partial charge in [-0.3, -0.25) is 0 Å². The van der Waals surface area contributed by atoms with Crippen LogP contribution in [-0.2, 0) is 16.4 Å². The molecule has 0 saturated carbocycles. The van der Waals surface area contributed by atoms with Crippen LogP contribution in [0.25, 0.3) is 0 Å². The molecule has 0 radical (unpaired) electrons. The number of furan rings is 1. The van der Waals surface area contributed by atoms with Gasteiger partial charge in [0.15, 0.2) is 5.82 Å². The fourth-order valence-electron chi connectivity index (χ4n) is 2.42. The third kappa shape index (κ3) is 2.34. The lowest BCUT2D eigenvalue weighted by atomic mass is 9.94. The lowest BCUT2D eigenvalue weighted by Gasteiger charge is -2.22. The zero-order valence-electron chi connectivity index (χ0n) is 10.5. The number of halogens is 1. The predicted molar refractivity (Wildman–Crippen MR) is 68.9 cm³/mol. The van der Waals surface area contributed by atoms with Gasteiger partial charge in [-0.05, 0) is 31.0 Å². The van der Waals surface area contributed by atoms with Crippen LogP contribution in [0.5, 0.6) is 0 Å².